The summed E-state index contributed by atoms with van der Waals surface area (Å²) >= 11 is 0. The van der Waals surface area contributed by atoms with Gasteiger partial charge in [-0.25, -0.2) is 0 Å². The van der Waals surface area contributed by atoms with E-state index in [2.05, 4.69) is 46.6 Å². The molecule has 7 nitrogen and oxygen atoms in total. The van der Waals surface area contributed by atoms with Crippen molar-refractivity contribution in [3.05, 3.63) is 35.4 Å². The molecule has 1 fully saturated rings. The zero-order chi connectivity index (χ0) is 22.6. The van der Waals surface area contributed by atoms with Gasteiger partial charge in [-0.2, -0.15) is 0 Å². The van der Waals surface area contributed by atoms with E-state index >= 15 is 0 Å². The molecule has 170 valence electrons. The molecule has 1 aromatic carbocycles. The minimum atomic E-state index is -0.659. The van der Waals surface area contributed by atoms with Gasteiger partial charge in [0.2, 0.25) is 11.8 Å². The van der Waals surface area contributed by atoms with Gasteiger partial charge in [-0.15, -0.1) is 0 Å². The highest BCUT2D eigenvalue weighted by Crippen LogP contribution is 2.38. The van der Waals surface area contributed by atoms with Crippen LogP contribution in [0.2, 0.25) is 0 Å². The Balaban J connectivity index is 1.73. The third-order valence-electron chi connectivity index (χ3n) is 6.26. The van der Waals surface area contributed by atoms with Crippen LogP contribution < -0.4 is 5.32 Å². The highest BCUT2D eigenvalue weighted by molar-refractivity contribution is 6.01. The van der Waals surface area contributed by atoms with Crippen LogP contribution in [-0.4, -0.2) is 73.2 Å². The van der Waals surface area contributed by atoms with Crippen LogP contribution >= 0.6 is 0 Å². The molecule has 0 aromatic heterocycles. The van der Waals surface area contributed by atoms with Crippen molar-refractivity contribution in [3.63, 3.8) is 0 Å². The summed E-state index contributed by atoms with van der Waals surface area (Å²) in [5.41, 5.74) is 2.52. The molecule has 1 saturated heterocycles. The molecule has 0 unspecified atom stereocenters. The molecular weight excluding hydrogens is 392 g/mol. The molecule has 7 heteroatoms. The minimum absolute atomic E-state index is 0.0141. The highest BCUT2D eigenvalue weighted by atomic mass is 16.6. The van der Waals surface area contributed by atoms with E-state index in [-0.39, 0.29) is 24.0 Å². The second-order valence-corrected chi connectivity index (χ2v) is 9.50. The standard InChI is InChI=1S/C24H36N4O3/c1-17-7-9-20(10-8-17)22-13-21(31-26-22)14-24(11-6-12-28(16-24)19(3)29)23(30)25-18(2)15-27(4)5/h7-10,18,21H,6,11-16H2,1-5H3,(H,25,30)/t18-,21-,24-/m1/s1. The number of benzene rings is 1. The number of carbonyl (C=O) groups is 2. The first-order valence-electron chi connectivity index (χ1n) is 11.2. The van der Waals surface area contributed by atoms with E-state index in [1.807, 2.05) is 21.0 Å². The molecule has 0 saturated carbocycles. The largest absolute Gasteiger partial charge is 0.392 e. The Morgan fingerprint density at radius 1 is 1.32 bits per heavy atom. The lowest BCUT2D eigenvalue weighted by Crippen LogP contribution is -2.56. The first kappa shape index (κ1) is 23.3. The Labute approximate surface area is 185 Å². The molecule has 1 aromatic rings. The van der Waals surface area contributed by atoms with Crippen LogP contribution in [0.1, 0.15) is 50.7 Å². The Hall–Kier alpha value is -2.41. The van der Waals surface area contributed by atoms with Crippen molar-refractivity contribution in [1.82, 2.24) is 15.1 Å². The molecule has 0 bridgehead atoms. The van der Waals surface area contributed by atoms with Crippen molar-refractivity contribution in [3.8, 4) is 0 Å². The molecule has 0 aliphatic carbocycles. The van der Waals surface area contributed by atoms with Crippen molar-refractivity contribution >= 4 is 17.5 Å². The van der Waals surface area contributed by atoms with E-state index in [1.54, 1.807) is 11.8 Å². The van der Waals surface area contributed by atoms with Gasteiger partial charge in [-0.3, -0.25) is 9.59 Å². The molecule has 2 aliphatic rings. The van der Waals surface area contributed by atoms with Gasteiger partial charge in [0, 0.05) is 45.4 Å². The lowest BCUT2D eigenvalue weighted by atomic mass is 9.73. The lowest BCUT2D eigenvalue weighted by molar-refractivity contribution is -0.143. The fourth-order valence-electron chi connectivity index (χ4n) is 4.71. The number of amides is 2. The van der Waals surface area contributed by atoms with Gasteiger partial charge >= 0.3 is 0 Å². The quantitative estimate of drug-likeness (QED) is 0.724. The van der Waals surface area contributed by atoms with Gasteiger partial charge in [0.1, 0.15) is 6.10 Å². The molecular formula is C24H36N4O3. The summed E-state index contributed by atoms with van der Waals surface area (Å²) in [5.74, 6) is 0.0299. The molecule has 3 atom stereocenters. The van der Waals surface area contributed by atoms with Crippen LogP contribution in [0.25, 0.3) is 0 Å². The number of nitrogens with zero attached hydrogens (tertiary/aromatic N) is 3. The van der Waals surface area contributed by atoms with Crippen molar-refractivity contribution in [2.75, 3.05) is 33.7 Å². The number of nitrogens with one attached hydrogen (secondary N) is 1. The van der Waals surface area contributed by atoms with E-state index in [0.29, 0.717) is 25.9 Å². The fourth-order valence-corrected chi connectivity index (χ4v) is 4.71. The number of hydrogen-bond acceptors (Lipinski definition) is 5. The van der Waals surface area contributed by atoms with E-state index in [0.717, 1.165) is 30.7 Å². The van der Waals surface area contributed by atoms with E-state index in [1.165, 1.54) is 5.56 Å². The molecule has 31 heavy (non-hydrogen) atoms. The summed E-state index contributed by atoms with van der Waals surface area (Å²) in [6, 6.07) is 8.28. The minimum Gasteiger partial charge on any atom is -0.392 e. The first-order valence-corrected chi connectivity index (χ1v) is 11.2. The number of piperidine rings is 1. The topological polar surface area (TPSA) is 74.2 Å². The predicted octanol–water partition coefficient (Wildman–Crippen LogP) is 2.57. The van der Waals surface area contributed by atoms with Crippen molar-refractivity contribution in [2.24, 2.45) is 10.6 Å². The zero-order valence-corrected chi connectivity index (χ0v) is 19.5. The van der Waals surface area contributed by atoms with Gasteiger partial charge in [-0.1, -0.05) is 35.0 Å². The Kier molecular flexibility index (Phi) is 7.36. The summed E-state index contributed by atoms with van der Waals surface area (Å²) in [4.78, 5) is 35.3. The Bertz CT molecular complexity index is 821. The number of oxime groups is 1. The van der Waals surface area contributed by atoms with Crippen molar-refractivity contribution in [2.45, 2.75) is 58.6 Å². The van der Waals surface area contributed by atoms with Gasteiger partial charge in [-0.05, 0) is 46.3 Å². The number of aryl methyl sites for hydroxylation is 1. The summed E-state index contributed by atoms with van der Waals surface area (Å²) < 4.78 is 0. The fraction of sp³-hybridized carbons (Fsp3) is 0.625. The smallest absolute Gasteiger partial charge is 0.228 e. The molecule has 0 spiro atoms. The first-order chi connectivity index (χ1) is 14.7. The molecule has 2 aliphatic heterocycles. The maximum atomic E-state index is 13.5. The number of hydrogen-bond donors (Lipinski definition) is 1. The van der Waals surface area contributed by atoms with Crippen LogP contribution in [0.3, 0.4) is 0 Å². The monoisotopic (exact) mass is 428 g/mol. The second kappa shape index (κ2) is 9.81. The average molecular weight is 429 g/mol. The van der Waals surface area contributed by atoms with E-state index in [9.17, 15) is 9.59 Å². The SMILES string of the molecule is CC(=O)N1CCC[C@](C[C@H]2CC(c3ccc(C)cc3)=NO2)(C(=O)N[C@H](C)CN(C)C)C1. The number of likely N-dealkylation sites (tertiary alicyclic amines) is 1. The summed E-state index contributed by atoms with van der Waals surface area (Å²) in [6.45, 7) is 7.55. The van der Waals surface area contributed by atoms with E-state index < -0.39 is 5.41 Å². The van der Waals surface area contributed by atoms with Crippen LogP contribution in [0.5, 0.6) is 0 Å². The molecule has 2 heterocycles. The van der Waals surface area contributed by atoms with Crippen molar-refractivity contribution in [1.29, 1.82) is 0 Å². The van der Waals surface area contributed by atoms with E-state index in [4.69, 9.17) is 4.84 Å². The predicted molar refractivity (Wildman–Crippen MR) is 122 cm³/mol. The summed E-state index contributed by atoms with van der Waals surface area (Å²) in [7, 11) is 3.99. The Morgan fingerprint density at radius 2 is 2.03 bits per heavy atom. The Morgan fingerprint density at radius 3 is 2.68 bits per heavy atom. The molecule has 3 rings (SSSR count). The summed E-state index contributed by atoms with van der Waals surface area (Å²) in [5, 5.41) is 7.52. The van der Waals surface area contributed by atoms with Gasteiger partial charge < -0.3 is 20.0 Å². The maximum Gasteiger partial charge on any atom is 0.228 e. The lowest BCUT2D eigenvalue weighted by Gasteiger charge is -2.42. The third kappa shape index (κ3) is 5.85. The third-order valence-corrected chi connectivity index (χ3v) is 6.26. The number of likely N-dealkylation sites (N-methyl/N-ethyl adjacent to an activating group) is 1. The van der Waals surface area contributed by atoms with Crippen molar-refractivity contribution < 1.29 is 14.4 Å². The number of rotatable bonds is 7. The van der Waals surface area contributed by atoms with Crippen LogP contribution in [-0.2, 0) is 14.4 Å². The maximum absolute atomic E-state index is 13.5. The van der Waals surface area contributed by atoms with Gasteiger partial charge in [0.05, 0.1) is 11.1 Å². The highest BCUT2D eigenvalue weighted by Gasteiger charge is 2.46. The summed E-state index contributed by atoms with van der Waals surface area (Å²) in [6.07, 6.45) is 2.62. The van der Waals surface area contributed by atoms with Crippen LogP contribution in [0, 0.1) is 12.3 Å². The van der Waals surface area contributed by atoms with Crippen LogP contribution in [0.4, 0.5) is 0 Å². The van der Waals surface area contributed by atoms with Crippen LogP contribution in [0.15, 0.2) is 29.4 Å². The molecule has 2 amide bonds. The molecule has 1 N–H and O–H groups in total. The van der Waals surface area contributed by atoms with Gasteiger partial charge in [0.15, 0.2) is 0 Å². The average Bonchev–Trinajstić information content (AvgIpc) is 3.16. The second-order valence-electron chi connectivity index (χ2n) is 9.50. The molecule has 0 radical (unpaired) electrons. The van der Waals surface area contributed by atoms with Gasteiger partial charge in [0.25, 0.3) is 0 Å². The number of carbonyl (C=O) groups excluding carboxylic acids is 2. The zero-order valence-electron chi connectivity index (χ0n) is 19.5. The normalized spacial score (nSPS) is 24.5.